The second kappa shape index (κ2) is 5.05. The van der Waals surface area contributed by atoms with Crippen LogP contribution >= 0.6 is 0 Å². The normalized spacial score (nSPS) is 8.31. The van der Waals surface area contributed by atoms with Crippen LogP contribution in [0.25, 0.3) is 0 Å². The summed E-state index contributed by atoms with van der Waals surface area (Å²) >= 11 is 0. The number of nitrogens with zero attached hydrogens (tertiary/aromatic N) is 1. The first kappa shape index (κ1) is 12.2. The van der Waals surface area contributed by atoms with Crippen LogP contribution in [0.2, 0.25) is 0 Å². The van der Waals surface area contributed by atoms with Crippen LogP contribution in [0, 0.1) is 17.1 Å². The van der Waals surface area contributed by atoms with Crippen LogP contribution in [0.5, 0.6) is 0 Å². The summed E-state index contributed by atoms with van der Waals surface area (Å²) < 4.78 is 12.8. The molecule has 0 spiro atoms. The van der Waals surface area contributed by atoms with Crippen LogP contribution in [-0.4, -0.2) is 5.91 Å². The number of nitriles is 1. The summed E-state index contributed by atoms with van der Waals surface area (Å²) in [6.07, 6.45) is 0. The maximum atomic E-state index is 12.8. The minimum Gasteiger partial charge on any atom is -0.366 e. The minimum absolute atomic E-state index is 0. The Kier molecular flexibility index (Phi) is 4.75. The summed E-state index contributed by atoms with van der Waals surface area (Å²) in [4.78, 5) is 10.5. The Labute approximate surface area is 101 Å². The van der Waals surface area contributed by atoms with E-state index in [1.807, 2.05) is 0 Å². The zero-order valence-corrected chi connectivity index (χ0v) is 9.46. The summed E-state index contributed by atoms with van der Waals surface area (Å²) in [5.74, 6) is -1.44. The minimum atomic E-state index is -0.728. The largest absolute Gasteiger partial charge is 0.366 e. The van der Waals surface area contributed by atoms with Gasteiger partial charge >= 0.3 is 0 Å². The van der Waals surface area contributed by atoms with Gasteiger partial charge in [0.25, 0.3) is 0 Å². The second-order valence-corrected chi connectivity index (χ2v) is 2.17. The Morgan fingerprint density at radius 1 is 1.62 bits per heavy atom. The zero-order valence-electron chi connectivity index (χ0n) is 6.62. The predicted molar refractivity (Wildman–Crippen MR) is 41.7 cm³/mol. The number of carbonyl (C=O) groups excluding carboxylic acids is 1. The van der Waals surface area contributed by atoms with Gasteiger partial charge in [0.05, 0.1) is 5.56 Å². The fraction of sp³-hybridized carbons (Fsp3) is 0. The quantitative estimate of drug-likeness (QED) is 0.814. The maximum Gasteiger partial charge on any atom is 0.248 e. The number of rotatable bonds is 1. The molecule has 0 fully saturated rings. The van der Waals surface area contributed by atoms with Crippen molar-refractivity contribution in [2.75, 3.05) is 0 Å². The van der Waals surface area contributed by atoms with Crippen LogP contribution in [0.15, 0.2) is 18.2 Å². The molecular formula is C8H7FN2OY. The molecule has 0 saturated carbocycles. The van der Waals surface area contributed by atoms with E-state index >= 15 is 0 Å². The summed E-state index contributed by atoms with van der Waals surface area (Å²) in [6, 6.07) is 5.11. The Morgan fingerprint density at radius 2 is 2.23 bits per heavy atom. The van der Waals surface area contributed by atoms with Gasteiger partial charge in [0.1, 0.15) is 11.9 Å². The van der Waals surface area contributed by atoms with Crippen LogP contribution in [0.4, 0.5) is 4.39 Å². The van der Waals surface area contributed by atoms with Gasteiger partial charge in [-0.05, 0) is 18.2 Å². The topological polar surface area (TPSA) is 66.9 Å². The van der Waals surface area contributed by atoms with Crippen molar-refractivity contribution >= 4 is 5.91 Å². The predicted octanol–water partition coefficient (Wildman–Crippen LogP) is 1.04. The van der Waals surface area contributed by atoms with E-state index in [0.29, 0.717) is 0 Å². The third kappa shape index (κ3) is 2.87. The Morgan fingerprint density at radius 3 is 2.62 bits per heavy atom. The molecule has 65 valence electrons. The zero-order chi connectivity index (χ0) is 9.14. The van der Waals surface area contributed by atoms with E-state index in [4.69, 9.17) is 11.0 Å². The van der Waals surface area contributed by atoms with Gasteiger partial charge < -0.3 is 5.73 Å². The smallest absolute Gasteiger partial charge is 0.248 e. The van der Waals surface area contributed by atoms with Crippen LogP contribution < -0.4 is 5.73 Å². The molecule has 0 saturated heterocycles. The summed E-state index contributed by atoms with van der Waals surface area (Å²) in [6.45, 7) is 0. The number of hydrogen-bond acceptors (Lipinski definition) is 2. The van der Waals surface area contributed by atoms with E-state index in [1.165, 1.54) is 12.1 Å². The van der Waals surface area contributed by atoms with Gasteiger partial charge in [-0.15, -0.1) is 0 Å². The molecule has 0 bridgehead atoms. The number of halogens is 1. The average Bonchev–Trinajstić information content (AvgIpc) is 2.04. The molecule has 1 radical (unpaired) electrons. The standard InChI is InChI=1S/C8H5FN2O.Y.H2/c9-7-3-5(8(11)12)1-2-6(7)4-10;;/h1-3H,(H2,11,12);;1H. The number of carbonyl (C=O) groups is 1. The van der Waals surface area contributed by atoms with Crippen molar-refractivity contribution in [2.24, 2.45) is 5.73 Å². The van der Waals surface area contributed by atoms with Gasteiger partial charge in [-0.1, -0.05) is 0 Å². The number of benzene rings is 1. The van der Waals surface area contributed by atoms with E-state index in [0.717, 1.165) is 6.07 Å². The molecule has 3 nitrogen and oxygen atoms in total. The second-order valence-electron chi connectivity index (χ2n) is 2.17. The summed E-state index contributed by atoms with van der Waals surface area (Å²) in [5.41, 5.74) is 4.85. The molecule has 0 atom stereocenters. The van der Waals surface area contributed by atoms with E-state index in [-0.39, 0.29) is 45.3 Å². The molecule has 5 heteroatoms. The molecular weight excluding hydrogens is 248 g/mol. The molecule has 0 heterocycles. The number of primary amides is 1. The van der Waals surface area contributed by atoms with Gasteiger partial charge in [-0.25, -0.2) is 4.39 Å². The number of amides is 1. The Balaban J connectivity index is 0. The molecule has 2 N–H and O–H groups in total. The molecule has 0 aromatic heterocycles. The van der Waals surface area contributed by atoms with Crippen LogP contribution in [0.3, 0.4) is 0 Å². The molecule has 0 aliphatic heterocycles. The van der Waals surface area contributed by atoms with Crippen LogP contribution in [-0.2, 0) is 32.7 Å². The van der Waals surface area contributed by atoms with E-state index in [9.17, 15) is 9.18 Å². The monoisotopic (exact) mass is 255 g/mol. The van der Waals surface area contributed by atoms with Crippen molar-refractivity contribution in [3.8, 4) is 6.07 Å². The molecule has 1 aromatic rings. The third-order valence-electron chi connectivity index (χ3n) is 1.37. The van der Waals surface area contributed by atoms with Crippen molar-refractivity contribution in [1.29, 1.82) is 5.26 Å². The first-order chi connectivity index (χ1) is 5.65. The number of hydrogen-bond donors (Lipinski definition) is 1. The molecule has 0 aliphatic carbocycles. The molecule has 1 rings (SSSR count). The molecule has 0 unspecified atom stereocenters. The maximum absolute atomic E-state index is 12.8. The fourth-order valence-electron chi connectivity index (χ4n) is 0.759. The third-order valence-corrected chi connectivity index (χ3v) is 1.37. The first-order valence-corrected chi connectivity index (χ1v) is 3.14. The fourth-order valence-corrected chi connectivity index (χ4v) is 0.759. The van der Waals surface area contributed by atoms with Gasteiger partial charge in [0.2, 0.25) is 5.91 Å². The van der Waals surface area contributed by atoms with E-state index < -0.39 is 11.7 Å². The molecule has 0 aliphatic rings. The first-order valence-electron chi connectivity index (χ1n) is 3.14. The summed E-state index contributed by atoms with van der Waals surface area (Å²) in [7, 11) is 0. The average molecular weight is 255 g/mol. The van der Waals surface area contributed by atoms with Gasteiger partial charge in [0.15, 0.2) is 0 Å². The molecule has 13 heavy (non-hydrogen) atoms. The molecule has 1 aromatic carbocycles. The van der Waals surface area contributed by atoms with Crippen LogP contribution in [0.1, 0.15) is 17.3 Å². The van der Waals surface area contributed by atoms with Gasteiger partial charge in [-0.3, -0.25) is 4.79 Å². The van der Waals surface area contributed by atoms with Crippen molar-refractivity contribution in [3.63, 3.8) is 0 Å². The Hall–Kier alpha value is -0.786. The van der Waals surface area contributed by atoms with E-state index in [2.05, 4.69) is 0 Å². The van der Waals surface area contributed by atoms with Gasteiger partial charge in [-0.2, -0.15) is 5.26 Å². The van der Waals surface area contributed by atoms with Crippen molar-refractivity contribution in [3.05, 3.63) is 35.1 Å². The van der Waals surface area contributed by atoms with Crippen molar-refractivity contribution in [1.82, 2.24) is 0 Å². The van der Waals surface area contributed by atoms with E-state index in [1.54, 1.807) is 6.07 Å². The summed E-state index contributed by atoms with van der Waals surface area (Å²) in [5, 5.41) is 8.34. The van der Waals surface area contributed by atoms with Gasteiger partial charge in [0, 0.05) is 39.7 Å². The Bertz CT molecular complexity index is 378. The number of nitrogens with two attached hydrogens (primary N) is 1. The molecule has 1 amide bonds. The SMILES string of the molecule is N#Cc1ccc(C(N)=O)cc1F.[HH].[Y]. The van der Waals surface area contributed by atoms with Crippen molar-refractivity contribution in [2.45, 2.75) is 0 Å². The van der Waals surface area contributed by atoms with Crippen molar-refractivity contribution < 1.29 is 43.3 Å².